The van der Waals surface area contributed by atoms with Gasteiger partial charge >= 0.3 is 0 Å². The van der Waals surface area contributed by atoms with E-state index in [2.05, 4.69) is 27.1 Å². The van der Waals surface area contributed by atoms with Gasteiger partial charge in [0.15, 0.2) is 0 Å². The van der Waals surface area contributed by atoms with Crippen LogP contribution < -0.4 is 11.1 Å². The largest absolute Gasteiger partial charge is 0.331 e. The van der Waals surface area contributed by atoms with Crippen LogP contribution in [0.5, 0.6) is 0 Å². The van der Waals surface area contributed by atoms with Crippen molar-refractivity contribution in [2.24, 2.45) is 5.73 Å². The zero-order valence-corrected chi connectivity index (χ0v) is 9.90. The average molecular weight is 258 g/mol. The van der Waals surface area contributed by atoms with Crippen LogP contribution in [0.15, 0.2) is 30.6 Å². The first kappa shape index (κ1) is 12.8. The lowest BCUT2D eigenvalue weighted by Crippen LogP contribution is -2.15. The highest BCUT2D eigenvalue weighted by Crippen LogP contribution is 2.11. The predicted molar refractivity (Wildman–Crippen MR) is 68.9 cm³/mol. The molecule has 0 aliphatic heterocycles. The zero-order valence-electron chi connectivity index (χ0n) is 9.90. The summed E-state index contributed by atoms with van der Waals surface area (Å²) >= 11 is 0. The van der Waals surface area contributed by atoms with Crippen molar-refractivity contribution in [2.75, 3.05) is 11.9 Å². The first-order chi connectivity index (χ1) is 9.20. The second-order valence-corrected chi connectivity index (χ2v) is 3.59. The summed E-state index contributed by atoms with van der Waals surface area (Å²) in [4.78, 5) is 18.4. The molecule has 4 N–H and O–H groups in total. The molecule has 2 rings (SSSR count). The summed E-state index contributed by atoms with van der Waals surface area (Å²) in [5.74, 6) is 4.42. The fourth-order valence-electron chi connectivity index (χ4n) is 1.44. The lowest BCUT2D eigenvalue weighted by Gasteiger charge is -2.04. The van der Waals surface area contributed by atoms with Crippen LogP contribution in [0.4, 0.5) is 10.3 Å². The molecule has 6 heteroatoms. The van der Waals surface area contributed by atoms with Crippen molar-refractivity contribution < 1.29 is 9.18 Å². The van der Waals surface area contributed by atoms with Crippen LogP contribution >= 0.6 is 0 Å². The molecule has 0 saturated heterocycles. The summed E-state index contributed by atoms with van der Waals surface area (Å²) in [6.07, 6.45) is 3.03. The van der Waals surface area contributed by atoms with Gasteiger partial charge in [0.25, 0.3) is 5.91 Å². The predicted octanol–water partition coefficient (Wildman–Crippen LogP) is 1.11. The second kappa shape index (κ2) is 5.80. The Morgan fingerprint density at radius 2 is 2.37 bits per heavy atom. The molecule has 0 saturated carbocycles. The molecule has 0 bridgehead atoms. The summed E-state index contributed by atoms with van der Waals surface area (Å²) in [6.45, 7) is 0.200. The van der Waals surface area contributed by atoms with E-state index in [1.165, 1.54) is 24.4 Å². The Morgan fingerprint density at radius 1 is 1.53 bits per heavy atom. The minimum Gasteiger partial charge on any atom is -0.331 e. The lowest BCUT2D eigenvalue weighted by atomic mass is 10.1. The number of benzene rings is 1. The Bertz CT molecular complexity index is 640. The minimum absolute atomic E-state index is 0.0970. The van der Waals surface area contributed by atoms with E-state index in [-0.39, 0.29) is 18.1 Å². The van der Waals surface area contributed by atoms with Crippen LogP contribution in [0.3, 0.4) is 0 Å². The third kappa shape index (κ3) is 3.18. The van der Waals surface area contributed by atoms with Crippen molar-refractivity contribution in [1.82, 2.24) is 9.97 Å². The molecule has 2 aromatic rings. The molecule has 0 radical (unpaired) electrons. The summed E-state index contributed by atoms with van der Waals surface area (Å²) in [6, 6.07) is 4.05. The van der Waals surface area contributed by atoms with E-state index >= 15 is 0 Å². The number of anilines is 1. The van der Waals surface area contributed by atoms with E-state index in [9.17, 15) is 9.18 Å². The highest BCUT2D eigenvalue weighted by Gasteiger charge is 2.13. The zero-order chi connectivity index (χ0) is 13.7. The van der Waals surface area contributed by atoms with Gasteiger partial charge in [0.1, 0.15) is 5.82 Å². The molecule has 1 aromatic heterocycles. The SMILES string of the molecule is NCC#Cc1ccc(F)c(C(=O)Nc2ncc[nH]2)c1. The summed E-state index contributed by atoms with van der Waals surface area (Å²) in [5.41, 5.74) is 5.68. The number of carbonyl (C=O) groups excluding carboxylic acids is 1. The van der Waals surface area contributed by atoms with Gasteiger partial charge in [-0.2, -0.15) is 0 Å². The number of carbonyl (C=O) groups is 1. The Hall–Kier alpha value is -2.65. The van der Waals surface area contributed by atoms with Gasteiger partial charge in [0.05, 0.1) is 12.1 Å². The van der Waals surface area contributed by atoms with Crippen LogP contribution in [-0.4, -0.2) is 22.4 Å². The van der Waals surface area contributed by atoms with Gasteiger partial charge in [-0.1, -0.05) is 11.8 Å². The number of rotatable bonds is 2. The minimum atomic E-state index is -0.623. The maximum atomic E-state index is 13.6. The summed E-state index contributed by atoms with van der Waals surface area (Å²) in [5, 5.41) is 2.44. The lowest BCUT2D eigenvalue weighted by molar-refractivity contribution is 0.102. The number of halogens is 1. The van der Waals surface area contributed by atoms with Crippen molar-refractivity contribution in [3.63, 3.8) is 0 Å². The van der Waals surface area contributed by atoms with Crippen LogP contribution in [0.2, 0.25) is 0 Å². The van der Waals surface area contributed by atoms with E-state index in [0.29, 0.717) is 5.56 Å². The number of nitrogens with zero attached hydrogens (tertiary/aromatic N) is 1. The number of imidazole rings is 1. The number of aromatic amines is 1. The summed E-state index contributed by atoms with van der Waals surface area (Å²) in [7, 11) is 0. The molecule has 1 aromatic carbocycles. The van der Waals surface area contributed by atoms with Crippen LogP contribution in [0.1, 0.15) is 15.9 Å². The van der Waals surface area contributed by atoms with Crippen molar-refractivity contribution in [3.05, 3.63) is 47.5 Å². The molecule has 0 atom stereocenters. The quantitative estimate of drug-likeness (QED) is 0.705. The molecule has 0 aliphatic rings. The Morgan fingerprint density at radius 3 is 3.05 bits per heavy atom. The van der Waals surface area contributed by atoms with Gasteiger partial charge in [-0.15, -0.1) is 0 Å². The Labute approximate surface area is 109 Å². The number of nitrogens with one attached hydrogen (secondary N) is 2. The molecule has 0 fully saturated rings. The van der Waals surface area contributed by atoms with Crippen LogP contribution in [-0.2, 0) is 0 Å². The average Bonchev–Trinajstić information content (AvgIpc) is 2.90. The van der Waals surface area contributed by atoms with Crippen LogP contribution in [0, 0.1) is 17.7 Å². The fraction of sp³-hybridized carbons (Fsp3) is 0.0769. The number of H-pyrrole nitrogens is 1. The van der Waals surface area contributed by atoms with Gasteiger partial charge in [-0.05, 0) is 18.2 Å². The fourth-order valence-corrected chi connectivity index (χ4v) is 1.44. The molecule has 0 unspecified atom stereocenters. The standard InChI is InChI=1S/C13H11FN4O/c14-11-4-3-9(2-1-5-15)8-10(11)12(19)18-13-16-6-7-17-13/h3-4,6-8H,5,15H2,(H2,16,17,18,19). The summed E-state index contributed by atoms with van der Waals surface area (Å²) < 4.78 is 13.6. The molecular formula is C13H11FN4O. The molecule has 1 amide bonds. The van der Waals surface area contributed by atoms with E-state index < -0.39 is 11.7 Å². The molecule has 0 aliphatic carbocycles. The van der Waals surface area contributed by atoms with Gasteiger partial charge < -0.3 is 10.7 Å². The number of aromatic nitrogens is 2. The third-order valence-electron chi connectivity index (χ3n) is 2.28. The number of amides is 1. The molecular weight excluding hydrogens is 247 g/mol. The molecule has 1 heterocycles. The molecule has 5 nitrogen and oxygen atoms in total. The Kier molecular flexibility index (Phi) is 3.90. The second-order valence-electron chi connectivity index (χ2n) is 3.59. The van der Waals surface area contributed by atoms with Gasteiger partial charge in [0.2, 0.25) is 5.95 Å². The van der Waals surface area contributed by atoms with Crippen molar-refractivity contribution >= 4 is 11.9 Å². The smallest absolute Gasteiger partial charge is 0.260 e. The van der Waals surface area contributed by atoms with Crippen molar-refractivity contribution in [1.29, 1.82) is 0 Å². The van der Waals surface area contributed by atoms with Crippen LogP contribution in [0.25, 0.3) is 0 Å². The van der Waals surface area contributed by atoms with Gasteiger partial charge in [0, 0.05) is 18.0 Å². The highest BCUT2D eigenvalue weighted by atomic mass is 19.1. The topological polar surface area (TPSA) is 83.8 Å². The maximum Gasteiger partial charge on any atom is 0.260 e. The molecule has 19 heavy (non-hydrogen) atoms. The van der Waals surface area contributed by atoms with Crippen molar-refractivity contribution in [3.8, 4) is 11.8 Å². The molecule has 96 valence electrons. The first-order valence-electron chi connectivity index (χ1n) is 5.50. The monoisotopic (exact) mass is 258 g/mol. The van der Waals surface area contributed by atoms with Gasteiger partial charge in [-0.3, -0.25) is 10.1 Å². The number of hydrogen-bond acceptors (Lipinski definition) is 3. The van der Waals surface area contributed by atoms with E-state index in [0.717, 1.165) is 0 Å². The van der Waals surface area contributed by atoms with E-state index in [1.807, 2.05) is 0 Å². The normalized spacial score (nSPS) is 9.58. The van der Waals surface area contributed by atoms with Crippen molar-refractivity contribution in [2.45, 2.75) is 0 Å². The van der Waals surface area contributed by atoms with E-state index in [1.54, 1.807) is 6.20 Å². The third-order valence-corrected chi connectivity index (χ3v) is 2.28. The van der Waals surface area contributed by atoms with Gasteiger partial charge in [-0.25, -0.2) is 9.37 Å². The number of nitrogens with two attached hydrogens (primary N) is 1. The highest BCUT2D eigenvalue weighted by molar-refractivity contribution is 6.03. The number of hydrogen-bond donors (Lipinski definition) is 3. The Balaban J connectivity index is 2.25. The maximum absolute atomic E-state index is 13.6. The van der Waals surface area contributed by atoms with E-state index in [4.69, 9.17) is 5.73 Å². The molecule has 0 spiro atoms. The first-order valence-corrected chi connectivity index (χ1v) is 5.50.